The Bertz CT molecular complexity index is 1290. The molecule has 11 nitrogen and oxygen atoms in total. The highest BCUT2D eigenvalue weighted by atomic mass is 32.1. The lowest BCUT2D eigenvalue weighted by Gasteiger charge is -2.23. The fourth-order valence-electron chi connectivity index (χ4n) is 3.48. The summed E-state index contributed by atoms with van der Waals surface area (Å²) >= 11 is 1.23. The second kappa shape index (κ2) is 10.1. The van der Waals surface area contributed by atoms with E-state index in [1.54, 1.807) is 17.5 Å². The minimum atomic E-state index is -0.759. The van der Waals surface area contributed by atoms with Crippen LogP contribution in [-0.4, -0.2) is 26.3 Å². The minimum absolute atomic E-state index is 0.0378. The highest BCUT2D eigenvalue weighted by molar-refractivity contribution is 7.13. The first-order valence-electron chi connectivity index (χ1n) is 11.1. The molecule has 0 unspecified atom stereocenters. The molecule has 0 radical (unpaired) electrons. The molecule has 34 heavy (non-hydrogen) atoms. The third kappa shape index (κ3) is 5.28. The van der Waals surface area contributed by atoms with E-state index in [0.29, 0.717) is 29.6 Å². The van der Waals surface area contributed by atoms with Gasteiger partial charge in [-0.25, -0.2) is 9.78 Å². The molecule has 180 valence electrons. The van der Waals surface area contributed by atoms with Gasteiger partial charge in [0.2, 0.25) is 11.8 Å². The first-order chi connectivity index (χ1) is 16.4. The van der Waals surface area contributed by atoms with Crippen molar-refractivity contribution in [1.29, 1.82) is 0 Å². The lowest BCUT2D eigenvalue weighted by Crippen LogP contribution is -2.41. The van der Waals surface area contributed by atoms with Gasteiger partial charge in [-0.3, -0.25) is 28.8 Å². The van der Waals surface area contributed by atoms with E-state index >= 15 is 0 Å². The zero-order valence-corrected chi connectivity index (χ0v) is 19.5. The van der Waals surface area contributed by atoms with Gasteiger partial charge in [0.1, 0.15) is 11.6 Å². The summed E-state index contributed by atoms with van der Waals surface area (Å²) in [4.78, 5) is 58.2. The highest BCUT2D eigenvalue weighted by Crippen LogP contribution is 2.31. The summed E-state index contributed by atoms with van der Waals surface area (Å²) in [6.45, 7) is 2.22. The number of thiazole rings is 1. The van der Waals surface area contributed by atoms with Crippen LogP contribution in [0.25, 0.3) is 0 Å². The van der Waals surface area contributed by atoms with Gasteiger partial charge in [0.15, 0.2) is 10.8 Å². The number of unbranched alkanes of at least 4 members (excludes halogenated alkanes) is 1. The Morgan fingerprint density at radius 1 is 1.38 bits per heavy atom. The molecule has 1 saturated carbocycles. The van der Waals surface area contributed by atoms with Gasteiger partial charge in [-0.2, -0.15) is 0 Å². The Morgan fingerprint density at radius 3 is 2.85 bits per heavy atom. The zero-order valence-electron chi connectivity index (χ0n) is 18.7. The molecule has 0 spiro atoms. The average Bonchev–Trinajstić information content (AvgIpc) is 3.36. The Morgan fingerprint density at radius 2 is 2.18 bits per heavy atom. The predicted octanol–water partition coefficient (Wildman–Crippen LogP) is 2.09. The van der Waals surface area contributed by atoms with Crippen molar-refractivity contribution in [1.82, 2.24) is 14.5 Å². The van der Waals surface area contributed by atoms with E-state index in [2.05, 4.69) is 15.3 Å². The van der Waals surface area contributed by atoms with E-state index in [0.717, 1.165) is 19.3 Å². The number of anilines is 3. The average molecular weight is 487 g/mol. The van der Waals surface area contributed by atoms with Crippen molar-refractivity contribution in [3.05, 3.63) is 56.1 Å². The van der Waals surface area contributed by atoms with Gasteiger partial charge in [0, 0.05) is 17.8 Å². The molecule has 3 aromatic rings. The number of H-pyrrole nitrogens is 1. The maximum Gasteiger partial charge on any atom is 0.330 e. The fraction of sp³-hybridized carbons (Fsp3) is 0.409. The Balaban J connectivity index is 1.62. The standard InChI is InChI=1S/C22H26N6O5S/c1-2-3-8-27-18(23)17(20(31)26-22(27)32)28(11-15-5-4-9-33-15)16(29)10-14-12-34-21(24-14)25-19(30)13-6-7-13/h4-5,9,12-13H,2-3,6-8,10-11,23H2,1H3,(H,24,25,30)(H,26,31,32). The van der Waals surface area contributed by atoms with Gasteiger partial charge in [-0.05, 0) is 31.4 Å². The number of aromatic nitrogens is 3. The molecule has 0 bridgehead atoms. The number of carbonyl (C=O) groups excluding carboxylic acids is 2. The molecule has 1 aliphatic rings. The quantitative estimate of drug-likeness (QED) is 0.396. The summed E-state index contributed by atoms with van der Waals surface area (Å²) in [6, 6.07) is 3.34. The number of hydrogen-bond acceptors (Lipinski definition) is 8. The number of rotatable bonds is 10. The van der Waals surface area contributed by atoms with Crippen LogP contribution in [0.1, 0.15) is 44.1 Å². The summed E-state index contributed by atoms with van der Waals surface area (Å²) < 4.78 is 6.65. The summed E-state index contributed by atoms with van der Waals surface area (Å²) in [5.41, 5.74) is 5.18. The predicted molar refractivity (Wildman–Crippen MR) is 128 cm³/mol. The van der Waals surface area contributed by atoms with Gasteiger partial charge < -0.3 is 15.5 Å². The van der Waals surface area contributed by atoms with Gasteiger partial charge in [-0.1, -0.05) is 13.3 Å². The summed E-state index contributed by atoms with van der Waals surface area (Å²) in [5.74, 6) is -0.136. The van der Waals surface area contributed by atoms with Crippen LogP contribution in [0.4, 0.5) is 16.6 Å². The van der Waals surface area contributed by atoms with Crippen molar-refractivity contribution >= 4 is 39.8 Å². The van der Waals surface area contributed by atoms with Gasteiger partial charge in [-0.15, -0.1) is 11.3 Å². The minimum Gasteiger partial charge on any atom is -0.467 e. The smallest absolute Gasteiger partial charge is 0.330 e. The third-order valence-corrected chi connectivity index (χ3v) is 6.28. The molecule has 0 saturated heterocycles. The topological polar surface area (TPSA) is 156 Å². The Kier molecular flexibility index (Phi) is 6.96. The van der Waals surface area contributed by atoms with Crippen LogP contribution in [0.5, 0.6) is 0 Å². The number of nitrogens with two attached hydrogens (primary N) is 1. The lowest BCUT2D eigenvalue weighted by atomic mass is 10.2. The molecular weight excluding hydrogens is 460 g/mol. The van der Waals surface area contributed by atoms with Crippen LogP contribution < -0.4 is 27.2 Å². The molecule has 4 rings (SSSR count). The first-order valence-corrected chi connectivity index (χ1v) is 12.0. The van der Waals surface area contributed by atoms with Crippen LogP contribution in [0.2, 0.25) is 0 Å². The Labute approximate surface area is 198 Å². The normalized spacial score (nSPS) is 13.1. The van der Waals surface area contributed by atoms with E-state index in [1.807, 2.05) is 6.92 Å². The molecule has 0 atom stereocenters. The second-order valence-electron chi connectivity index (χ2n) is 8.14. The number of nitrogens with one attached hydrogen (secondary N) is 2. The van der Waals surface area contributed by atoms with Gasteiger partial charge >= 0.3 is 5.69 Å². The van der Waals surface area contributed by atoms with Crippen LogP contribution >= 0.6 is 11.3 Å². The van der Waals surface area contributed by atoms with Crippen molar-refractivity contribution in [3.63, 3.8) is 0 Å². The molecular formula is C22H26N6O5S. The van der Waals surface area contributed by atoms with Crippen LogP contribution in [0, 0.1) is 5.92 Å². The largest absolute Gasteiger partial charge is 0.467 e. The molecule has 1 aliphatic carbocycles. The van der Waals surface area contributed by atoms with Crippen molar-refractivity contribution < 1.29 is 14.0 Å². The summed E-state index contributed by atoms with van der Waals surface area (Å²) in [7, 11) is 0. The number of hydrogen-bond donors (Lipinski definition) is 3. The van der Waals surface area contributed by atoms with Crippen molar-refractivity contribution in [2.24, 2.45) is 5.92 Å². The number of carbonyl (C=O) groups is 2. The molecule has 2 amide bonds. The monoisotopic (exact) mass is 486 g/mol. The van der Waals surface area contributed by atoms with E-state index in [4.69, 9.17) is 10.2 Å². The molecule has 12 heteroatoms. The molecule has 0 aromatic carbocycles. The van der Waals surface area contributed by atoms with E-state index in [1.165, 1.54) is 27.1 Å². The van der Waals surface area contributed by atoms with E-state index in [-0.39, 0.29) is 36.3 Å². The summed E-state index contributed by atoms with van der Waals surface area (Å²) in [5, 5.41) is 4.86. The maximum atomic E-state index is 13.4. The highest BCUT2D eigenvalue weighted by Gasteiger charge is 2.30. The molecule has 3 aromatic heterocycles. The zero-order chi connectivity index (χ0) is 24.2. The van der Waals surface area contributed by atoms with Crippen LogP contribution in [0.3, 0.4) is 0 Å². The molecule has 0 aliphatic heterocycles. The summed E-state index contributed by atoms with van der Waals surface area (Å²) in [6.07, 6.45) is 4.57. The van der Waals surface area contributed by atoms with Gasteiger partial charge in [0.25, 0.3) is 5.56 Å². The number of amides is 2. The number of nitrogen functional groups attached to an aromatic ring is 1. The van der Waals surface area contributed by atoms with E-state index < -0.39 is 17.2 Å². The van der Waals surface area contributed by atoms with Crippen molar-refractivity contribution in [3.8, 4) is 0 Å². The third-order valence-electron chi connectivity index (χ3n) is 5.48. The lowest BCUT2D eigenvalue weighted by molar-refractivity contribution is -0.118. The number of nitrogens with zero attached hydrogens (tertiary/aromatic N) is 3. The van der Waals surface area contributed by atoms with Crippen LogP contribution in [-0.2, 0) is 29.1 Å². The number of furan rings is 1. The van der Waals surface area contributed by atoms with Crippen LogP contribution in [0.15, 0.2) is 37.8 Å². The second-order valence-corrected chi connectivity index (χ2v) is 9.00. The first kappa shape index (κ1) is 23.5. The molecule has 3 heterocycles. The maximum absolute atomic E-state index is 13.4. The molecule has 4 N–H and O–H groups in total. The Hall–Kier alpha value is -3.67. The fourth-order valence-corrected chi connectivity index (χ4v) is 4.19. The number of aromatic amines is 1. The van der Waals surface area contributed by atoms with E-state index in [9.17, 15) is 19.2 Å². The van der Waals surface area contributed by atoms with Gasteiger partial charge in [0.05, 0.1) is 24.9 Å². The SMILES string of the molecule is CCCCn1c(N)c(N(Cc2ccco2)C(=O)Cc2csc(NC(=O)C3CC3)n2)c(=O)[nH]c1=O. The van der Waals surface area contributed by atoms with Crippen molar-refractivity contribution in [2.75, 3.05) is 16.0 Å². The molecule has 1 fully saturated rings. The van der Waals surface area contributed by atoms with Crippen molar-refractivity contribution in [2.45, 2.75) is 52.1 Å².